The lowest BCUT2D eigenvalue weighted by atomic mass is 10.2. The van der Waals surface area contributed by atoms with E-state index in [4.69, 9.17) is 4.98 Å². The number of nitrogens with one attached hydrogen (secondary N) is 1. The van der Waals surface area contributed by atoms with E-state index in [-0.39, 0.29) is 0 Å². The number of aromatic nitrogens is 2. The molecule has 3 heterocycles. The van der Waals surface area contributed by atoms with Gasteiger partial charge in [-0.2, -0.15) is 4.98 Å². The van der Waals surface area contributed by atoms with Crippen LogP contribution in [-0.4, -0.2) is 61.2 Å². The second-order valence-electron chi connectivity index (χ2n) is 7.60. The first-order valence-electron chi connectivity index (χ1n) is 10.2. The van der Waals surface area contributed by atoms with Crippen LogP contribution in [0, 0.1) is 0 Å². The van der Waals surface area contributed by atoms with Gasteiger partial charge in [-0.3, -0.25) is 0 Å². The van der Waals surface area contributed by atoms with Crippen molar-refractivity contribution >= 4 is 23.1 Å². The molecule has 2 fully saturated rings. The van der Waals surface area contributed by atoms with Gasteiger partial charge < -0.3 is 20.0 Å². The molecular formula is C21H30N6. The molecule has 2 aromatic rings. The maximum Gasteiger partial charge on any atom is 0.229 e. The van der Waals surface area contributed by atoms with Gasteiger partial charge in [-0.15, -0.1) is 0 Å². The van der Waals surface area contributed by atoms with Crippen LogP contribution in [0.4, 0.5) is 23.1 Å². The van der Waals surface area contributed by atoms with Crippen molar-refractivity contribution in [1.29, 1.82) is 0 Å². The number of rotatable bonds is 4. The molecular weight excluding hydrogens is 336 g/mol. The maximum atomic E-state index is 4.74. The summed E-state index contributed by atoms with van der Waals surface area (Å²) < 4.78 is 0. The number of nitrogens with zero attached hydrogens (tertiary/aromatic N) is 5. The van der Waals surface area contributed by atoms with E-state index in [0.717, 1.165) is 50.8 Å². The molecule has 2 saturated heterocycles. The highest BCUT2D eigenvalue weighted by molar-refractivity contribution is 5.60. The molecule has 0 unspecified atom stereocenters. The van der Waals surface area contributed by atoms with Crippen molar-refractivity contribution in [1.82, 2.24) is 14.9 Å². The summed E-state index contributed by atoms with van der Waals surface area (Å²) in [7, 11) is 2.18. The lowest BCUT2D eigenvalue weighted by Gasteiger charge is -2.34. The summed E-state index contributed by atoms with van der Waals surface area (Å²) >= 11 is 0. The van der Waals surface area contributed by atoms with E-state index in [1.165, 1.54) is 31.4 Å². The van der Waals surface area contributed by atoms with Gasteiger partial charge in [0.05, 0.1) is 0 Å². The van der Waals surface area contributed by atoms with E-state index in [1.54, 1.807) is 0 Å². The van der Waals surface area contributed by atoms with Crippen molar-refractivity contribution in [2.45, 2.75) is 25.7 Å². The molecule has 0 atom stereocenters. The molecule has 2 aliphatic rings. The summed E-state index contributed by atoms with van der Waals surface area (Å²) in [6.07, 6.45) is 7.01. The van der Waals surface area contributed by atoms with Crippen molar-refractivity contribution in [2.24, 2.45) is 0 Å². The average molecular weight is 367 g/mol. The van der Waals surface area contributed by atoms with Gasteiger partial charge >= 0.3 is 0 Å². The van der Waals surface area contributed by atoms with Crippen LogP contribution >= 0.6 is 0 Å². The number of piperazine rings is 1. The van der Waals surface area contributed by atoms with E-state index >= 15 is 0 Å². The molecule has 2 aliphatic heterocycles. The summed E-state index contributed by atoms with van der Waals surface area (Å²) in [4.78, 5) is 16.4. The van der Waals surface area contributed by atoms with E-state index in [9.17, 15) is 0 Å². The van der Waals surface area contributed by atoms with Crippen LogP contribution in [0.1, 0.15) is 25.7 Å². The van der Waals surface area contributed by atoms with E-state index in [1.807, 2.05) is 12.3 Å². The van der Waals surface area contributed by atoms with Crippen LogP contribution in [0.25, 0.3) is 0 Å². The van der Waals surface area contributed by atoms with Crippen LogP contribution < -0.4 is 15.1 Å². The third-order valence-electron chi connectivity index (χ3n) is 5.56. The zero-order valence-corrected chi connectivity index (χ0v) is 16.3. The third-order valence-corrected chi connectivity index (χ3v) is 5.56. The smallest absolute Gasteiger partial charge is 0.229 e. The number of benzene rings is 1. The van der Waals surface area contributed by atoms with Crippen LogP contribution in [0.5, 0.6) is 0 Å². The van der Waals surface area contributed by atoms with Crippen LogP contribution in [0.15, 0.2) is 36.5 Å². The minimum absolute atomic E-state index is 0.670. The lowest BCUT2D eigenvalue weighted by molar-refractivity contribution is 0.313. The van der Waals surface area contributed by atoms with Gasteiger partial charge in [-0.05, 0) is 50.2 Å². The fourth-order valence-corrected chi connectivity index (χ4v) is 3.83. The molecule has 0 bridgehead atoms. The van der Waals surface area contributed by atoms with Gasteiger partial charge in [-0.25, -0.2) is 4.98 Å². The van der Waals surface area contributed by atoms with E-state index in [2.05, 4.69) is 56.3 Å². The highest BCUT2D eigenvalue weighted by Crippen LogP contribution is 2.22. The Morgan fingerprint density at radius 2 is 1.48 bits per heavy atom. The van der Waals surface area contributed by atoms with Gasteiger partial charge in [-0.1, -0.05) is 12.8 Å². The van der Waals surface area contributed by atoms with E-state index < -0.39 is 0 Å². The molecule has 0 saturated carbocycles. The number of hydrogen-bond donors (Lipinski definition) is 1. The summed E-state index contributed by atoms with van der Waals surface area (Å²) in [5.41, 5.74) is 2.31. The SMILES string of the molecule is CN1CCN(c2ccc(Nc3nccc(N4CCCCCC4)n3)cc2)CC1. The molecule has 6 heteroatoms. The summed E-state index contributed by atoms with van der Waals surface area (Å²) in [6.45, 7) is 6.61. The first-order valence-corrected chi connectivity index (χ1v) is 10.2. The quantitative estimate of drug-likeness (QED) is 0.895. The van der Waals surface area contributed by atoms with Crippen molar-refractivity contribution in [2.75, 3.05) is 61.4 Å². The Labute approximate surface area is 162 Å². The van der Waals surface area contributed by atoms with Gasteiger partial charge in [0, 0.05) is 56.8 Å². The second kappa shape index (κ2) is 8.57. The van der Waals surface area contributed by atoms with Crippen molar-refractivity contribution in [3.63, 3.8) is 0 Å². The molecule has 1 aromatic carbocycles. The molecule has 0 spiro atoms. The Bertz CT molecular complexity index is 716. The Hall–Kier alpha value is -2.34. The van der Waals surface area contributed by atoms with Crippen LogP contribution in [-0.2, 0) is 0 Å². The van der Waals surface area contributed by atoms with Crippen molar-refractivity contribution in [3.05, 3.63) is 36.5 Å². The fourth-order valence-electron chi connectivity index (χ4n) is 3.83. The predicted octanol–water partition coefficient (Wildman–Crippen LogP) is 3.35. The van der Waals surface area contributed by atoms with Crippen LogP contribution in [0.2, 0.25) is 0 Å². The zero-order valence-electron chi connectivity index (χ0n) is 16.3. The predicted molar refractivity (Wildman–Crippen MR) is 112 cm³/mol. The number of anilines is 4. The minimum Gasteiger partial charge on any atom is -0.369 e. The highest BCUT2D eigenvalue weighted by Gasteiger charge is 2.14. The Kier molecular flexibility index (Phi) is 5.72. The van der Waals surface area contributed by atoms with Gasteiger partial charge in [0.2, 0.25) is 5.95 Å². The first-order chi connectivity index (χ1) is 13.3. The van der Waals surface area contributed by atoms with Gasteiger partial charge in [0.1, 0.15) is 5.82 Å². The topological polar surface area (TPSA) is 47.5 Å². The average Bonchev–Trinajstić information content (AvgIpc) is 2.99. The van der Waals surface area contributed by atoms with Gasteiger partial charge in [0.25, 0.3) is 0 Å². The van der Waals surface area contributed by atoms with Crippen LogP contribution in [0.3, 0.4) is 0 Å². The van der Waals surface area contributed by atoms with E-state index in [0.29, 0.717) is 5.95 Å². The summed E-state index contributed by atoms with van der Waals surface area (Å²) in [5, 5.41) is 3.36. The van der Waals surface area contributed by atoms with Crippen molar-refractivity contribution < 1.29 is 0 Å². The molecule has 0 aliphatic carbocycles. The summed E-state index contributed by atoms with van der Waals surface area (Å²) in [6, 6.07) is 10.6. The number of hydrogen-bond acceptors (Lipinski definition) is 6. The van der Waals surface area contributed by atoms with Crippen molar-refractivity contribution in [3.8, 4) is 0 Å². The zero-order chi connectivity index (χ0) is 18.5. The number of likely N-dealkylation sites (N-methyl/N-ethyl adjacent to an activating group) is 1. The Morgan fingerprint density at radius 1 is 0.778 bits per heavy atom. The molecule has 4 rings (SSSR count). The minimum atomic E-state index is 0.670. The van der Waals surface area contributed by atoms with Gasteiger partial charge in [0.15, 0.2) is 0 Å². The molecule has 0 radical (unpaired) electrons. The molecule has 6 nitrogen and oxygen atoms in total. The summed E-state index contributed by atoms with van der Waals surface area (Å²) in [5.74, 6) is 1.70. The Morgan fingerprint density at radius 3 is 2.19 bits per heavy atom. The fraction of sp³-hybridized carbons (Fsp3) is 0.524. The standard InChI is InChI=1S/C21H30N6/c1-25-14-16-26(17-15-25)19-8-6-18(7-9-19)23-21-22-11-10-20(24-21)27-12-4-2-3-5-13-27/h6-11H,2-5,12-17H2,1H3,(H,22,23,24). The Balaban J connectivity index is 1.41. The highest BCUT2D eigenvalue weighted by atomic mass is 15.2. The molecule has 1 N–H and O–H groups in total. The monoisotopic (exact) mass is 366 g/mol. The lowest BCUT2D eigenvalue weighted by Crippen LogP contribution is -2.44. The first kappa shape index (κ1) is 18.0. The molecule has 144 valence electrons. The second-order valence-corrected chi connectivity index (χ2v) is 7.60. The molecule has 27 heavy (non-hydrogen) atoms. The largest absolute Gasteiger partial charge is 0.369 e. The molecule has 0 amide bonds. The normalized spacial score (nSPS) is 19.0. The third kappa shape index (κ3) is 4.69. The molecule has 1 aromatic heterocycles. The maximum absolute atomic E-state index is 4.74.